The molecule has 0 fully saturated rings. The molecule has 6 nitrogen and oxygen atoms in total. The molecule has 346 valence electrons. The summed E-state index contributed by atoms with van der Waals surface area (Å²) in [6.45, 7) is 4.70. The van der Waals surface area contributed by atoms with Crippen molar-refractivity contribution >= 4 is 87.0 Å². The molecule has 0 N–H and O–H groups in total. The van der Waals surface area contributed by atoms with Crippen molar-refractivity contribution in [2.24, 2.45) is 0 Å². The molecule has 0 unspecified atom stereocenters. The summed E-state index contributed by atoms with van der Waals surface area (Å²) in [5, 5.41) is 11.8. The van der Waals surface area contributed by atoms with E-state index >= 15 is 0 Å². The third kappa shape index (κ3) is 5.73. The molecule has 0 radical (unpaired) electrons. The molecule has 16 rings (SSSR count). The van der Waals surface area contributed by atoms with Gasteiger partial charge < -0.3 is 9.13 Å². The Hall–Kier alpha value is -9.65. The highest BCUT2D eigenvalue weighted by molar-refractivity contribution is 6.29. The van der Waals surface area contributed by atoms with Gasteiger partial charge in [0.2, 0.25) is 5.95 Å². The molecule has 11 aromatic carbocycles. The van der Waals surface area contributed by atoms with Gasteiger partial charge in [-0.15, -0.1) is 0 Å². The third-order valence-electron chi connectivity index (χ3n) is 16.1. The first-order valence-corrected chi connectivity index (χ1v) is 25.4. The summed E-state index contributed by atoms with van der Waals surface area (Å²) in [5.74, 6) is 1.79. The monoisotopic (exact) mass is 944 g/mol. The normalized spacial score (nSPS) is 13.1. The number of fused-ring (bicyclic) bond motifs is 15. The predicted octanol–water partition coefficient (Wildman–Crippen LogP) is 17.1. The minimum Gasteiger partial charge on any atom is -0.309 e. The Morgan fingerprint density at radius 1 is 0.324 bits per heavy atom. The van der Waals surface area contributed by atoms with Crippen molar-refractivity contribution < 1.29 is 0 Å². The van der Waals surface area contributed by atoms with Gasteiger partial charge in [0, 0.05) is 54.5 Å². The van der Waals surface area contributed by atoms with E-state index in [-0.39, 0.29) is 5.41 Å². The van der Waals surface area contributed by atoms with Gasteiger partial charge in [-0.2, -0.15) is 9.97 Å². The van der Waals surface area contributed by atoms with Crippen molar-refractivity contribution in [3.8, 4) is 51.2 Å². The van der Waals surface area contributed by atoms with Crippen LogP contribution in [-0.4, -0.2) is 28.7 Å². The molecule has 15 aromatic rings. The van der Waals surface area contributed by atoms with E-state index in [0.29, 0.717) is 17.6 Å². The van der Waals surface area contributed by atoms with Gasteiger partial charge in [0.15, 0.2) is 11.6 Å². The standard InChI is InChI=1S/C68H44N6/c1-68(2)53-24-11-7-20-48(53)52-40-47(34-35-54(52)68)72-55-25-12-9-22-50(55)63-60(72)36-37-61-64(63)51-23-10-13-26-56(51)73(61)58-28-15-29-59-62(58)49-21-8-14-27-57(49)74(59)67-70-65(45-32-30-41-16-3-5-18-43(41)38-45)69-66(71-67)46-33-31-42-17-4-6-19-44(42)39-46/h3-40H,1-2H3. The Labute approximate surface area is 425 Å². The van der Waals surface area contributed by atoms with E-state index in [1.54, 1.807) is 0 Å². The molecule has 74 heavy (non-hydrogen) atoms. The van der Waals surface area contributed by atoms with Crippen LogP contribution in [0.3, 0.4) is 0 Å². The first kappa shape index (κ1) is 41.0. The zero-order valence-corrected chi connectivity index (χ0v) is 40.6. The largest absolute Gasteiger partial charge is 0.309 e. The highest BCUT2D eigenvalue weighted by Crippen LogP contribution is 2.50. The van der Waals surface area contributed by atoms with Crippen LogP contribution in [-0.2, 0) is 5.41 Å². The van der Waals surface area contributed by atoms with Gasteiger partial charge in [-0.25, -0.2) is 4.98 Å². The first-order valence-electron chi connectivity index (χ1n) is 25.4. The van der Waals surface area contributed by atoms with E-state index in [1.807, 2.05) is 0 Å². The van der Waals surface area contributed by atoms with E-state index in [4.69, 9.17) is 15.0 Å². The molecule has 0 bridgehead atoms. The van der Waals surface area contributed by atoms with Crippen LogP contribution >= 0.6 is 0 Å². The average Bonchev–Trinajstić information content (AvgIpc) is 4.19. The van der Waals surface area contributed by atoms with Gasteiger partial charge in [-0.1, -0.05) is 178 Å². The summed E-state index contributed by atoms with van der Waals surface area (Å²) < 4.78 is 7.20. The van der Waals surface area contributed by atoms with Gasteiger partial charge in [-0.3, -0.25) is 4.57 Å². The number of hydrogen-bond acceptors (Lipinski definition) is 3. The molecule has 4 heterocycles. The van der Waals surface area contributed by atoms with Crippen molar-refractivity contribution in [2.45, 2.75) is 19.3 Å². The number of rotatable bonds is 5. The summed E-state index contributed by atoms with van der Waals surface area (Å²) in [6.07, 6.45) is 0. The molecule has 1 aliphatic carbocycles. The van der Waals surface area contributed by atoms with Gasteiger partial charge in [0.1, 0.15) is 0 Å². The highest BCUT2D eigenvalue weighted by atomic mass is 15.2. The molecule has 0 saturated heterocycles. The van der Waals surface area contributed by atoms with Crippen LogP contribution in [0.2, 0.25) is 0 Å². The van der Waals surface area contributed by atoms with Crippen LogP contribution in [0.15, 0.2) is 231 Å². The van der Waals surface area contributed by atoms with Crippen LogP contribution < -0.4 is 0 Å². The lowest BCUT2D eigenvalue weighted by Crippen LogP contribution is -2.14. The molecular formula is C68H44N6. The van der Waals surface area contributed by atoms with Crippen LogP contribution in [0, 0.1) is 0 Å². The summed E-state index contributed by atoms with van der Waals surface area (Å²) in [4.78, 5) is 16.0. The van der Waals surface area contributed by atoms with E-state index in [2.05, 4.69) is 258 Å². The van der Waals surface area contributed by atoms with Crippen LogP contribution in [0.25, 0.3) is 138 Å². The Bertz CT molecular complexity index is 4790. The smallest absolute Gasteiger partial charge is 0.238 e. The van der Waals surface area contributed by atoms with Crippen molar-refractivity contribution in [3.63, 3.8) is 0 Å². The van der Waals surface area contributed by atoms with Crippen molar-refractivity contribution in [1.82, 2.24) is 28.7 Å². The zero-order chi connectivity index (χ0) is 48.8. The summed E-state index contributed by atoms with van der Waals surface area (Å²) in [5.41, 5.74) is 16.1. The second-order valence-electron chi connectivity index (χ2n) is 20.4. The zero-order valence-electron chi connectivity index (χ0n) is 40.6. The summed E-state index contributed by atoms with van der Waals surface area (Å²) in [7, 11) is 0. The fourth-order valence-corrected chi connectivity index (χ4v) is 12.7. The molecule has 0 spiro atoms. The molecule has 4 aromatic heterocycles. The SMILES string of the molecule is CC1(C)c2ccccc2-c2cc(-n3c4ccccc4c4c5c6ccccc6n(-c6cccc7c6c6ccccc6n7-c6nc(-c7ccc8ccccc8c7)nc(-c7ccc8ccccc8c7)n6)c5ccc43)ccc21. The van der Waals surface area contributed by atoms with Gasteiger partial charge in [-0.05, 0) is 111 Å². The predicted molar refractivity (Wildman–Crippen MR) is 306 cm³/mol. The van der Waals surface area contributed by atoms with Gasteiger partial charge in [0.25, 0.3) is 0 Å². The molecule has 0 aliphatic heterocycles. The highest BCUT2D eigenvalue weighted by Gasteiger charge is 2.35. The topological polar surface area (TPSA) is 53.5 Å². The summed E-state index contributed by atoms with van der Waals surface area (Å²) >= 11 is 0. The van der Waals surface area contributed by atoms with Crippen LogP contribution in [0.1, 0.15) is 25.0 Å². The fourth-order valence-electron chi connectivity index (χ4n) is 12.7. The lowest BCUT2D eigenvalue weighted by molar-refractivity contribution is 0.660. The Balaban J connectivity index is 0.943. The second kappa shape index (κ2) is 15.2. The van der Waals surface area contributed by atoms with E-state index in [1.165, 1.54) is 65.6 Å². The van der Waals surface area contributed by atoms with E-state index in [0.717, 1.165) is 66.1 Å². The minimum atomic E-state index is -0.0680. The number of aromatic nitrogens is 6. The van der Waals surface area contributed by atoms with E-state index < -0.39 is 0 Å². The van der Waals surface area contributed by atoms with Crippen molar-refractivity contribution in [2.75, 3.05) is 0 Å². The minimum absolute atomic E-state index is 0.0680. The lowest BCUT2D eigenvalue weighted by Gasteiger charge is -2.21. The molecule has 1 aliphatic rings. The number of nitrogens with zero attached hydrogens (tertiary/aromatic N) is 6. The maximum absolute atomic E-state index is 5.39. The number of hydrogen-bond donors (Lipinski definition) is 0. The fraction of sp³-hybridized carbons (Fsp3) is 0.0441. The maximum atomic E-state index is 5.39. The van der Waals surface area contributed by atoms with Gasteiger partial charge >= 0.3 is 0 Å². The van der Waals surface area contributed by atoms with Gasteiger partial charge in [0.05, 0.1) is 38.8 Å². The Morgan fingerprint density at radius 2 is 0.811 bits per heavy atom. The Kier molecular flexibility index (Phi) is 8.42. The molecule has 0 amide bonds. The van der Waals surface area contributed by atoms with E-state index in [9.17, 15) is 0 Å². The molecule has 6 heteroatoms. The first-order chi connectivity index (χ1) is 36.5. The average molecular weight is 945 g/mol. The second-order valence-corrected chi connectivity index (χ2v) is 20.4. The van der Waals surface area contributed by atoms with Crippen molar-refractivity contribution in [3.05, 3.63) is 242 Å². The quantitative estimate of drug-likeness (QED) is 0.173. The number of benzene rings is 11. The third-order valence-corrected chi connectivity index (χ3v) is 16.1. The molecule has 0 atom stereocenters. The van der Waals surface area contributed by atoms with Crippen molar-refractivity contribution in [1.29, 1.82) is 0 Å². The lowest BCUT2D eigenvalue weighted by atomic mass is 9.82. The molecule has 0 saturated carbocycles. The van der Waals surface area contributed by atoms with Crippen LogP contribution in [0.4, 0.5) is 0 Å². The molecular weight excluding hydrogens is 901 g/mol. The summed E-state index contributed by atoms with van der Waals surface area (Å²) in [6, 6.07) is 83.7. The maximum Gasteiger partial charge on any atom is 0.238 e. The Morgan fingerprint density at radius 3 is 1.46 bits per heavy atom. The number of para-hydroxylation sites is 3. The van der Waals surface area contributed by atoms with Crippen LogP contribution in [0.5, 0.6) is 0 Å².